The molecule has 0 aromatic carbocycles. The summed E-state index contributed by atoms with van der Waals surface area (Å²) in [6.45, 7) is 5.11. The summed E-state index contributed by atoms with van der Waals surface area (Å²) in [4.78, 5) is 0. The molecule has 1 nitrogen and oxygen atoms in total. The number of hydrogen-bond donors (Lipinski definition) is 0. The molecule has 0 bridgehead atoms. The number of halogens is 10. The second kappa shape index (κ2) is 11.4. The monoisotopic (exact) mass is 576 g/mol. The summed E-state index contributed by atoms with van der Waals surface area (Å²) >= 11 is -4.66. The van der Waals surface area contributed by atoms with Gasteiger partial charge in [-0.1, -0.05) is 0 Å². The van der Waals surface area contributed by atoms with Gasteiger partial charge in [-0.05, 0) is 0 Å². The van der Waals surface area contributed by atoms with Gasteiger partial charge in [-0.2, -0.15) is 0 Å². The maximum absolute atomic E-state index is 14.0. The van der Waals surface area contributed by atoms with Crippen molar-refractivity contribution in [1.29, 1.82) is 0 Å². The minimum absolute atomic E-state index is 0.0336. The third-order valence-electron chi connectivity index (χ3n) is 4.44. The van der Waals surface area contributed by atoms with Gasteiger partial charge in [0.1, 0.15) is 0 Å². The SMILES string of the molecule is CCC[CH2][Sn]([CH2]CCC)([CH2]CCC)[O]P(C(F)(F)C(F)(F)F)C(F)(F)C(F)(F)F. The van der Waals surface area contributed by atoms with Gasteiger partial charge in [-0.15, -0.1) is 0 Å². The molecule has 0 aromatic heterocycles. The van der Waals surface area contributed by atoms with Crippen LogP contribution in [-0.2, 0) is 2.86 Å². The van der Waals surface area contributed by atoms with E-state index in [1.807, 2.05) is 0 Å². The van der Waals surface area contributed by atoms with Crippen LogP contribution in [0.15, 0.2) is 0 Å². The topological polar surface area (TPSA) is 9.23 Å². The van der Waals surface area contributed by atoms with Crippen molar-refractivity contribution in [3.05, 3.63) is 0 Å². The summed E-state index contributed by atoms with van der Waals surface area (Å²) in [6.07, 6.45) is -10.7. The molecule has 0 rings (SSSR count). The van der Waals surface area contributed by atoms with Gasteiger partial charge in [-0.25, -0.2) is 0 Å². The Morgan fingerprint density at radius 2 is 0.862 bits per heavy atom. The summed E-state index contributed by atoms with van der Waals surface area (Å²) in [5, 5.41) is 0. The van der Waals surface area contributed by atoms with Gasteiger partial charge in [0, 0.05) is 0 Å². The minimum atomic E-state index is -6.58. The average molecular weight is 575 g/mol. The summed E-state index contributed by atoms with van der Waals surface area (Å²) in [6, 6.07) is 0. The van der Waals surface area contributed by atoms with E-state index in [1.54, 1.807) is 20.8 Å². The fourth-order valence-corrected chi connectivity index (χ4v) is 22.7. The van der Waals surface area contributed by atoms with Crippen molar-refractivity contribution < 1.29 is 46.8 Å². The molecule has 0 aromatic rings. The Bertz CT molecular complexity index is 434. The zero-order chi connectivity index (χ0) is 23.1. The molecule has 0 aliphatic rings. The fourth-order valence-electron chi connectivity index (χ4n) is 2.72. The summed E-state index contributed by atoms with van der Waals surface area (Å²) in [5.74, 6) is 0. The molecule has 0 N–H and O–H groups in total. The third-order valence-corrected chi connectivity index (χ3v) is 22.2. The molecule has 29 heavy (non-hydrogen) atoms. The van der Waals surface area contributed by atoms with Crippen LogP contribution in [0.5, 0.6) is 0 Å². The summed E-state index contributed by atoms with van der Waals surface area (Å²) in [7, 11) is -5.48. The molecule has 0 saturated heterocycles. The molecule has 0 spiro atoms. The van der Waals surface area contributed by atoms with Crippen LogP contribution in [0.25, 0.3) is 0 Å². The Morgan fingerprint density at radius 3 is 1.07 bits per heavy atom. The first-order chi connectivity index (χ1) is 13.0. The molecule has 0 unspecified atom stereocenters. The standard InChI is InChI=1S/C4F10OP.3C4H9.Sn/c5-1(6,7)3(11,12)16(15)4(13,14)2(8,9)10;3*1-3-4-2;/h;3*1,3-4H2,2H3;/q-1;;;;+1. The van der Waals surface area contributed by atoms with Crippen molar-refractivity contribution in [2.45, 2.75) is 96.3 Å². The zero-order valence-corrected chi connectivity index (χ0v) is 20.2. The van der Waals surface area contributed by atoms with E-state index in [9.17, 15) is 43.9 Å². The molecule has 0 heterocycles. The van der Waals surface area contributed by atoms with Gasteiger partial charge in [0.15, 0.2) is 0 Å². The van der Waals surface area contributed by atoms with Crippen molar-refractivity contribution in [3.63, 3.8) is 0 Å². The normalized spacial score (nSPS) is 14.7. The molecule has 0 aliphatic heterocycles. The molecule has 0 amide bonds. The average Bonchev–Trinajstić information content (AvgIpc) is 2.58. The van der Waals surface area contributed by atoms with Crippen LogP contribution in [0.3, 0.4) is 0 Å². The van der Waals surface area contributed by atoms with Crippen molar-refractivity contribution in [1.82, 2.24) is 0 Å². The van der Waals surface area contributed by atoms with Gasteiger partial charge in [0.25, 0.3) is 0 Å². The van der Waals surface area contributed by atoms with Crippen LogP contribution in [0.4, 0.5) is 43.9 Å². The summed E-state index contributed by atoms with van der Waals surface area (Å²) < 4.78 is 138. The predicted octanol–water partition coefficient (Wildman–Crippen LogP) is 9.06. The van der Waals surface area contributed by atoms with E-state index < -0.39 is 50.6 Å². The fraction of sp³-hybridized carbons (Fsp3) is 1.00. The first-order valence-electron chi connectivity index (χ1n) is 9.41. The summed E-state index contributed by atoms with van der Waals surface area (Å²) in [5.41, 5.74) is -12.6. The molecular formula is C16H27F10OPSn. The van der Waals surface area contributed by atoms with Gasteiger partial charge in [-0.3, -0.25) is 0 Å². The van der Waals surface area contributed by atoms with E-state index in [-0.39, 0.29) is 13.3 Å². The Balaban J connectivity index is 6.40. The van der Waals surface area contributed by atoms with Crippen LogP contribution < -0.4 is 0 Å². The van der Waals surface area contributed by atoms with Crippen LogP contribution >= 0.6 is 8.15 Å². The Kier molecular flexibility index (Phi) is 11.6. The molecule has 0 radical (unpaired) electrons. The van der Waals surface area contributed by atoms with Crippen molar-refractivity contribution >= 4 is 26.9 Å². The second-order valence-electron chi connectivity index (χ2n) is 6.96. The molecule has 13 heteroatoms. The van der Waals surface area contributed by atoms with Crippen molar-refractivity contribution in [2.75, 3.05) is 0 Å². The molecule has 0 fully saturated rings. The number of unbranched alkanes of at least 4 members (excludes halogenated alkanes) is 3. The zero-order valence-electron chi connectivity index (χ0n) is 16.5. The van der Waals surface area contributed by atoms with E-state index >= 15 is 0 Å². The Hall–Kier alpha value is 0.489. The van der Waals surface area contributed by atoms with E-state index in [0.29, 0.717) is 38.5 Å². The van der Waals surface area contributed by atoms with Crippen LogP contribution in [0.2, 0.25) is 13.3 Å². The quantitative estimate of drug-likeness (QED) is 0.121. The Morgan fingerprint density at radius 1 is 0.586 bits per heavy atom. The van der Waals surface area contributed by atoms with Gasteiger partial charge in [0.2, 0.25) is 0 Å². The number of hydrogen-bond acceptors (Lipinski definition) is 1. The molecule has 0 atom stereocenters. The van der Waals surface area contributed by atoms with Crippen LogP contribution in [0.1, 0.15) is 59.3 Å². The van der Waals surface area contributed by atoms with E-state index in [2.05, 4.69) is 0 Å². The third kappa shape index (κ3) is 7.84. The van der Waals surface area contributed by atoms with Crippen LogP contribution in [-0.4, -0.2) is 42.5 Å². The molecular weight excluding hydrogens is 548 g/mol. The first kappa shape index (κ1) is 29.5. The van der Waals surface area contributed by atoms with Gasteiger partial charge in [0.05, 0.1) is 0 Å². The number of alkyl halides is 10. The van der Waals surface area contributed by atoms with E-state index in [1.165, 1.54) is 0 Å². The van der Waals surface area contributed by atoms with Gasteiger partial charge < -0.3 is 0 Å². The van der Waals surface area contributed by atoms with E-state index in [0.717, 1.165) is 0 Å². The van der Waals surface area contributed by atoms with Crippen LogP contribution in [0, 0.1) is 0 Å². The second-order valence-corrected chi connectivity index (χ2v) is 21.4. The van der Waals surface area contributed by atoms with Crippen molar-refractivity contribution in [2.24, 2.45) is 0 Å². The number of rotatable bonds is 13. The predicted molar refractivity (Wildman–Crippen MR) is 94.9 cm³/mol. The molecule has 0 saturated carbocycles. The van der Waals surface area contributed by atoms with Gasteiger partial charge >= 0.3 is 170 Å². The van der Waals surface area contributed by atoms with Crippen molar-refractivity contribution in [3.8, 4) is 0 Å². The molecule has 0 aliphatic carbocycles. The molecule has 176 valence electrons. The Labute approximate surface area is 170 Å². The maximum atomic E-state index is 14.0. The first-order valence-corrected chi connectivity index (χ1v) is 17.9. The van der Waals surface area contributed by atoms with E-state index in [4.69, 9.17) is 2.86 Å².